The van der Waals surface area contributed by atoms with Crippen LogP contribution in [0.3, 0.4) is 0 Å². The molecule has 1 aromatic carbocycles. The van der Waals surface area contributed by atoms with Gasteiger partial charge in [-0.1, -0.05) is 37.3 Å². The van der Waals surface area contributed by atoms with Crippen LogP contribution >= 0.6 is 0 Å². The fraction of sp³-hybridized carbons (Fsp3) is 0.556. The van der Waals surface area contributed by atoms with Gasteiger partial charge in [-0.25, -0.2) is 4.79 Å². The molecule has 126 valence electrons. The second-order valence-electron chi connectivity index (χ2n) is 7.08. The molecule has 5 heteroatoms. The van der Waals surface area contributed by atoms with Gasteiger partial charge in [-0.05, 0) is 39.2 Å². The summed E-state index contributed by atoms with van der Waals surface area (Å²) in [5.74, 6) is -0.872. The molecule has 1 fully saturated rings. The van der Waals surface area contributed by atoms with Crippen LogP contribution in [-0.4, -0.2) is 39.8 Å². The van der Waals surface area contributed by atoms with E-state index in [0.717, 1.165) is 12.0 Å². The molecule has 0 unspecified atom stereocenters. The van der Waals surface area contributed by atoms with Crippen molar-refractivity contribution in [2.45, 2.75) is 57.6 Å². The molecule has 0 bridgehead atoms. The third-order valence-corrected chi connectivity index (χ3v) is 4.31. The van der Waals surface area contributed by atoms with Crippen LogP contribution in [0.25, 0.3) is 0 Å². The lowest BCUT2D eigenvalue weighted by Gasteiger charge is -2.33. The topological polar surface area (TPSA) is 66.8 Å². The second kappa shape index (κ2) is 6.22. The van der Waals surface area contributed by atoms with E-state index in [1.165, 1.54) is 4.90 Å². The number of carbonyl (C=O) groups is 2. The highest BCUT2D eigenvalue weighted by molar-refractivity contribution is 5.78. The lowest BCUT2D eigenvalue weighted by atomic mass is 10.0. The number of aliphatic carboxylic acids is 1. The van der Waals surface area contributed by atoms with Gasteiger partial charge in [0.15, 0.2) is 0 Å². The van der Waals surface area contributed by atoms with Crippen LogP contribution in [0.4, 0.5) is 4.79 Å². The largest absolute Gasteiger partial charge is 0.480 e. The minimum Gasteiger partial charge on any atom is -0.480 e. The second-order valence-corrected chi connectivity index (χ2v) is 7.08. The van der Waals surface area contributed by atoms with Gasteiger partial charge in [0.2, 0.25) is 0 Å². The summed E-state index contributed by atoms with van der Waals surface area (Å²) < 4.78 is 5.44. The zero-order valence-electron chi connectivity index (χ0n) is 14.2. The number of amides is 1. The molecule has 0 aliphatic heterocycles. The van der Waals surface area contributed by atoms with Crippen molar-refractivity contribution in [3.05, 3.63) is 35.9 Å². The average Bonchev–Trinajstić information content (AvgIpc) is 3.19. The molecule has 1 aromatic rings. The van der Waals surface area contributed by atoms with E-state index in [9.17, 15) is 14.7 Å². The molecule has 0 spiro atoms. The summed E-state index contributed by atoms with van der Waals surface area (Å²) in [4.78, 5) is 25.2. The minimum atomic E-state index is -1.03. The Morgan fingerprint density at radius 2 is 1.91 bits per heavy atom. The van der Waals surface area contributed by atoms with Crippen molar-refractivity contribution in [1.82, 2.24) is 4.90 Å². The highest BCUT2D eigenvalue weighted by atomic mass is 16.6. The van der Waals surface area contributed by atoms with E-state index in [4.69, 9.17) is 4.74 Å². The summed E-state index contributed by atoms with van der Waals surface area (Å²) in [5.41, 5.74) is 0.00965. The van der Waals surface area contributed by atoms with Gasteiger partial charge in [0.05, 0.1) is 5.54 Å². The van der Waals surface area contributed by atoms with Crippen LogP contribution in [-0.2, 0) is 9.53 Å². The van der Waals surface area contributed by atoms with Crippen LogP contribution in [0, 0.1) is 0 Å². The molecule has 0 heterocycles. The number of rotatable bonds is 5. The molecule has 0 radical (unpaired) electrons. The van der Waals surface area contributed by atoms with Gasteiger partial charge < -0.3 is 9.84 Å². The summed E-state index contributed by atoms with van der Waals surface area (Å²) in [6.07, 6.45) is 0.902. The number of benzene rings is 1. The van der Waals surface area contributed by atoms with Crippen LogP contribution < -0.4 is 0 Å². The van der Waals surface area contributed by atoms with Gasteiger partial charge in [-0.2, -0.15) is 0 Å². The summed E-state index contributed by atoms with van der Waals surface area (Å²) in [6, 6.07) is 9.92. The van der Waals surface area contributed by atoms with Crippen molar-refractivity contribution in [2.75, 3.05) is 6.54 Å². The standard InChI is InChI=1S/C18H25NO4/c1-5-18(11-14(18)13-9-7-6-8-10-13)19(12-15(20)21)16(22)23-17(2,3)4/h6-10,14H,5,11-12H2,1-4H3,(H,20,21)/t14-,18+/m0/s1. The van der Waals surface area contributed by atoms with E-state index < -0.39 is 23.2 Å². The first kappa shape index (κ1) is 17.3. The maximum Gasteiger partial charge on any atom is 0.411 e. The van der Waals surface area contributed by atoms with Crippen molar-refractivity contribution in [1.29, 1.82) is 0 Å². The lowest BCUT2D eigenvalue weighted by molar-refractivity contribution is -0.139. The Morgan fingerprint density at radius 1 is 1.30 bits per heavy atom. The van der Waals surface area contributed by atoms with Crippen molar-refractivity contribution >= 4 is 12.1 Å². The van der Waals surface area contributed by atoms with E-state index in [1.807, 2.05) is 37.3 Å². The molecule has 5 nitrogen and oxygen atoms in total. The average molecular weight is 319 g/mol. The molecule has 1 N–H and O–H groups in total. The quantitative estimate of drug-likeness (QED) is 0.899. The van der Waals surface area contributed by atoms with E-state index in [1.54, 1.807) is 20.8 Å². The number of carboxylic acids is 1. The number of hydrogen-bond donors (Lipinski definition) is 1. The van der Waals surface area contributed by atoms with Crippen molar-refractivity contribution in [2.24, 2.45) is 0 Å². The zero-order chi connectivity index (χ0) is 17.3. The Morgan fingerprint density at radius 3 is 2.39 bits per heavy atom. The smallest absolute Gasteiger partial charge is 0.411 e. The summed E-state index contributed by atoms with van der Waals surface area (Å²) in [6.45, 7) is 6.99. The predicted octanol–water partition coefficient (Wildman–Crippen LogP) is 3.64. The Bertz CT molecular complexity index is 578. The van der Waals surface area contributed by atoms with Gasteiger partial charge in [-0.15, -0.1) is 0 Å². The highest BCUT2D eigenvalue weighted by Crippen LogP contribution is 2.57. The molecule has 0 saturated heterocycles. The van der Waals surface area contributed by atoms with E-state index in [-0.39, 0.29) is 12.5 Å². The molecule has 0 aromatic heterocycles. The van der Waals surface area contributed by atoms with Crippen LogP contribution in [0.2, 0.25) is 0 Å². The monoisotopic (exact) mass is 319 g/mol. The Kier molecular flexibility index (Phi) is 4.68. The van der Waals surface area contributed by atoms with E-state index in [0.29, 0.717) is 6.42 Å². The zero-order valence-corrected chi connectivity index (χ0v) is 14.2. The van der Waals surface area contributed by atoms with Crippen LogP contribution in [0.1, 0.15) is 52.0 Å². The maximum atomic E-state index is 12.6. The first-order valence-corrected chi connectivity index (χ1v) is 7.97. The highest BCUT2D eigenvalue weighted by Gasteiger charge is 2.60. The first-order valence-electron chi connectivity index (χ1n) is 7.97. The molecular weight excluding hydrogens is 294 g/mol. The van der Waals surface area contributed by atoms with Gasteiger partial charge in [0, 0.05) is 5.92 Å². The molecule has 2 atom stereocenters. The number of carboxylic acid groups (broad SMARTS) is 1. The molecule has 2 rings (SSSR count). The van der Waals surface area contributed by atoms with Crippen molar-refractivity contribution in [3.63, 3.8) is 0 Å². The molecule has 1 amide bonds. The molecule has 23 heavy (non-hydrogen) atoms. The first-order chi connectivity index (χ1) is 10.7. The Balaban J connectivity index is 2.27. The minimum absolute atomic E-state index is 0.153. The van der Waals surface area contributed by atoms with Crippen LogP contribution in [0.5, 0.6) is 0 Å². The lowest BCUT2D eigenvalue weighted by Crippen LogP contribution is -2.48. The van der Waals surface area contributed by atoms with Gasteiger partial charge in [-0.3, -0.25) is 9.69 Å². The van der Waals surface area contributed by atoms with Crippen LogP contribution in [0.15, 0.2) is 30.3 Å². The number of hydrogen-bond acceptors (Lipinski definition) is 3. The SMILES string of the molecule is CC[C@@]1(N(CC(=O)O)C(=O)OC(C)(C)C)C[C@H]1c1ccccc1. The fourth-order valence-electron chi connectivity index (χ4n) is 3.14. The Hall–Kier alpha value is -2.04. The molecule has 1 aliphatic carbocycles. The normalized spacial score (nSPS) is 23.2. The summed E-state index contributed by atoms with van der Waals surface area (Å²) >= 11 is 0. The van der Waals surface area contributed by atoms with Gasteiger partial charge >= 0.3 is 12.1 Å². The summed E-state index contributed by atoms with van der Waals surface area (Å²) in [7, 11) is 0. The van der Waals surface area contributed by atoms with Crippen molar-refractivity contribution < 1.29 is 19.4 Å². The van der Waals surface area contributed by atoms with Gasteiger partial charge in [0.1, 0.15) is 12.1 Å². The van der Waals surface area contributed by atoms with E-state index in [2.05, 4.69) is 0 Å². The third kappa shape index (κ3) is 3.84. The predicted molar refractivity (Wildman–Crippen MR) is 87.4 cm³/mol. The Labute approximate surface area is 137 Å². The van der Waals surface area contributed by atoms with Crippen molar-refractivity contribution in [3.8, 4) is 0 Å². The molecule has 1 aliphatic rings. The molecular formula is C18H25NO4. The van der Waals surface area contributed by atoms with Gasteiger partial charge in [0.25, 0.3) is 0 Å². The fourth-order valence-corrected chi connectivity index (χ4v) is 3.14. The number of ether oxygens (including phenoxy) is 1. The maximum absolute atomic E-state index is 12.6. The molecule has 1 saturated carbocycles. The number of carbonyl (C=O) groups excluding carboxylic acids is 1. The third-order valence-electron chi connectivity index (χ3n) is 4.31. The number of nitrogens with zero attached hydrogens (tertiary/aromatic N) is 1. The van der Waals surface area contributed by atoms with E-state index >= 15 is 0 Å². The summed E-state index contributed by atoms with van der Waals surface area (Å²) in [5, 5.41) is 9.23.